The second-order valence-electron chi connectivity index (χ2n) is 4.61. The molecule has 0 aliphatic heterocycles. The van der Waals surface area contributed by atoms with Gasteiger partial charge in [0, 0.05) is 4.47 Å². The molecular formula is C13H16BrNO4. The number of rotatable bonds is 5. The summed E-state index contributed by atoms with van der Waals surface area (Å²) < 4.78 is 5.86. The minimum atomic E-state index is -1.29. The van der Waals surface area contributed by atoms with Gasteiger partial charge < -0.3 is 15.2 Å². The lowest BCUT2D eigenvalue weighted by molar-refractivity contribution is -0.145. The number of carbonyl (C=O) groups is 2. The highest BCUT2D eigenvalue weighted by Gasteiger charge is 2.28. The molecule has 0 atom stereocenters. The van der Waals surface area contributed by atoms with Crippen LogP contribution in [0.5, 0.6) is 5.75 Å². The van der Waals surface area contributed by atoms with Crippen LogP contribution < -0.4 is 10.1 Å². The summed E-state index contributed by atoms with van der Waals surface area (Å²) in [6, 6.07) is 5.29. The van der Waals surface area contributed by atoms with Crippen LogP contribution in [0.4, 0.5) is 0 Å². The van der Waals surface area contributed by atoms with Crippen LogP contribution in [0.2, 0.25) is 0 Å². The Morgan fingerprint density at radius 3 is 2.58 bits per heavy atom. The summed E-state index contributed by atoms with van der Waals surface area (Å²) >= 11 is 3.34. The average molecular weight is 330 g/mol. The number of nitrogens with one attached hydrogen (secondary N) is 1. The maximum Gasteiger partial charge on any atom is 0.328 e. The third kappa shape index (κ3) is 4.24. The highest BCUT2D eigenvalue weighted by molar-refractivity contribution is 9.10. The van der Waals surface area contributed by atoms with Crippen molar-refractivity contribution in [2.24, 2.45) is 0 Å². The van der Waals surface area contributed by atoms with Crippen molar-refractivity contribution in [1.82, 2.24) is 5.32 Å². The highest BCUT2D eigenvalue weighted by Crippen LogP contribution is 2.23. The molecule has 0 heterocycles. The second-order valence-corrected chi connectivity index (χ2v) is 5.47. The van der Waals surface area contributed by atoms with Crippen molar-refractivity contribution >= 4 is 27.8 Å². The second kappa shape index (κ2) is 6.06. The molecule has 0 radical (unpaired) electrons. The van der Waals surface area contributed by atoms with Gasteiger partial charge in [0.2, 0.25) is 5.91 Å². The number of carbonyl (C=O) groups excluding carboxylic acids is 1. The molecule has 0 unspecified atom stereocenters. The van der Waals surface area contributed by atoms with Gasteiger partial charge in [-0.05, 0) is 37.6 Å². The first-order chi connectivity index (χ1) is 8.76. The summed E-state index contributed by atoms with van der Waals surface area (Å²) in [4.78, 5) is 22.8. The van der Waals surface area contributed by atoms with Crippen LogP contribution in [0.25, 0.3) is 0 Å². The molecule has 0 saturated heterocycles. The van der Waals surface area contributed by atoms with Crippen molar-refractivity contribution in [3.63, 3.8) is 0 Å². The lowest BCUT2D eigenvalue weighted by Crippen LogP contribution is -2.50. The fourth-order valence-electron chi connectivity index (χ4n) is 1.43. The number of aliphatic carboxylic acids is 1. The van der Waals surface area contributed by atoms with E-state index < -0.39 is 11.5 Å². The summed E-state index contributed by atoms with van der Waals surface area (Å²) in [6.07, 6.45) is 0.0779. The molecule has 6 heteroatoms. The molecular weight excluding hydrogens is 314 g/mol. The number of halogens is 1. The van der Waals surface area contributed by atoms with E-state index in [0.717, 1.165) is 10.0 Å². The molecule has 0 fully saturated rings. The monoisotopic (exact) mass is 329 g/mol. The fourth-order valence-corrected chi connectivity index (χ4v) is 1.82. The number of benzene rings is 1. The number of carboxylic acids is 1. The summed E-state index contributed by atoms with van der Waals surface area (Å²) in [5, 5.41) is 11.4. The van der Waals surface area contributed by atoms with Gasteiger partial charge in [0.15, 0.2) is 0 Å². The van der Waals surface area contributed by atoms with Crippen LogP contribution in [0.15, 0.2) is 22.7 Å². The van der Waals surface area contributed by atoms with Gasteiger partial charge in [0.05, 0.1) is 13.5 Å². The van der Waals surface area contributed by atoms with Gasteiger partial charge in [-0.15, -0.1) is 0 Å². The molecule has 2 N–H and O–H groups in total. The molecule has 0 aliphatic carbocycles. The number of hydrogen-bond acceptors (Lipinski definition) is 3. The molecule has 5 nitrogen and oxygen atoms in total. The van der Waals surface area contributed by atoms with E-state index in [-0.39, 0.29) is 12.3 Å². The summed E-state index contributed by atoms with van der Waals surface area (Å²) in [5.41, 5.74) is -0.555. The van der Waals surface area contributed by atoms with Crippen LogP contribution in [0, 0.1) is 0 Å². The SMILES string of the molecule is COc1ccc(Br)c(CC(=O)NC(C)(C)C(=O)O)c1. The Morgan fingerprint density at radius 1 is 1.42 bits per heavy atom. The molecule has 0 bridgehead atoms. The molecule has 0 aromatic heterocycles. The minimum Gasteiger partial charge on any atom is -0.497 e. The van der Waals surface area contributed by atoms with Crippen LogP contribution in [0.3, 0.4) is 0 Å². The van der Waals surface area contributed by atoms with E-state index in [1.54, 1.807) is 25.3 Å². The lowest BCUT2D eigenvalue weighted by atomic mass is 10.0. The van der Waals surface area contributed by atoms with Gasteiger partial charge in [-0.2, -0.15) is 0 Å². The third-order valence-corrected chi connectivity index (χ3v) is 3.36. The Kier molecular flexibility index (Phi) is 4.94. The van der Waals surface area contributed by atoms with Crippen LogP contribution in [0.1, 0.15) is 19.4 Å². The predicted octanol–water partition coefficient (Wildman–Crippen LogP) is 1.98. The number of hydrogen-bond donors (Lipinski definition) is 2. The van der Waals surface area contributed by atoms with Crippen molar-refractivity contribution in [2.45, 2.75) is 25.8 Å². The van der Waals surface area contributed by atoms with Gasteiger partial charge in [-0.1, -0.05) is 15.9 Å². The number of methoxy groups -OCH3 is 1. The van der Waals surface area contributed by atoms with Gasteiger partial charge in [-0.3, -0.25) is 4.79 Å². The summed E-state index contributed by atoms with van der Waals surface area (Å²) in [7, 11) is 1.54. The Labute approximate surface area is 120 Å². The molecule has 104 valence electrons. The van der Waals surface area contributed by atoms with E-state index in [1.807, 2.05) is 0 Å². The van der Waals surface area contributed by atoms with Crippen LogP contribution >= 0.6 is 15.9 Å². The molecule has 1 rings (SSSR count). The van der Waals surface area contributed by atoms with E-state index in [4.69, 9.17) is 9.84 Å². The fraction of sp³-hybridized carbons (Fsp3) is 0.385. The Bertz CT molecular complexity index is 499. The number of carboxylic acid groups (broad SMARTS) is 1. The standard InChI is InChI=1S/C13H16BrNO4/c1-13(2,12(17)18)15-11(16)7-8-6-9(19-3)4-5-10(8)14/h4-6H,7H2,1-3H3,(H,15,16)(H,17,18). The average Bonchev–Trinajstić information content (AvgIpc) is 2.31. The number of amides is 1. The normalized spacial score (nSPS) is 10.9. The summed E-state index contributed by atoms with van der Waals surface area (Å²) in [5.74, 6) is -0.796. The zero-order valence-corrected chi connectivity index (χ0v) is 12.6. The smallest absolute Gasteiger partial charge is 0.328 e. The number of ether oxygens (including phenoxy) is 1. The largest absolute Gasteiger partial charge is 0.497 e. The molecule has 0 saturated carbocycles. The Balaban J connectivity index is 2.80. The molecule has 1 amide bonds. The van der Waals surface area contributed by atoms with Gasteiger partial charge in [0.1, 0.15) is 11.3 Å². The predicted molar refractivity (Wildman–Crippen MR) is 74.3 cm³/mol. The Hall–Kier alpha value is -1.56. The highest BCUT2D eigenvalue weighted by atomic mass is 79.9. The van der Waals surface area contributed by atoms with Crippen LogP contribution in [-0.4, -0.2) is 29.6 Å². The maximum atomic E-state index is 11.8. The van der Waals surface area contributed by atoms with Crippen molar-refractivity contribution in [2.75, 3.05) is 7.11 Å². The zero-order chi connectivity index (χ0) is 14.6. The third-order valence-electron chi connectivity index (χ3n) is 2.59. The van der Waals surface area contributed by atoms with Crippen molar-refractivity contribution in [3.05, 3.63) is 28.2 Å². The lowest BCUT2D eigenvalue weighted by Gasteiger charge is -2.21. The molecule has 0 aliphatic rings. The van der Waals surface area contributed by atoms with Gasteiger partial charge >= 0.3 is 5.97 Å². The van der Waals surface area contributed by atoms with E-state index in [1.165, 1.54) is 13.8 Å². The van der Waals surface area contributed by atoms with Gasteiger partial charge in [-0.25, -0.2) is 4.79 Å². The molecule has 0 spiro atoms. The van der Waals surface area contributed by atoms with E-state index in [2.05, 4.69) is 21.2 Å². The van der Waals surface area contributed by atoms with Crippen LogP contribution in [-0.2, 0) is 16.0 Å². The minimum absolute atomic E-state index is 0.0779. The molecule has 1 aromatic rings. The van der Waals surface area contributed by atoms with Gasteiger partial charge in [0.25, 0.3) is 0 Å². The molecule has 1 aromatic carbocycles. The quantitative estimate of drug-likeness (QED) is 0.866. The first kappa shape index (κ1) is 15.5. The summed E-state index contributed by atoms with van der Waals surface area (Å²) in [6.45, 7) is 2.88. The van der Waals surface area contributed by atoms with E-state index in [0.29, 0.717) is 5.75 Å². The van der Waals surface area contributed by atoms with Crippen molar-refractivity contribution in [3.8, 4) is 5.75 Å². The zero-order valence-electron chi connectivity index (χ0n) is 11.0. The topological polar surface area (TPSA) is 75.6 Å². The van der Waals surface area contributed by atoms with E-state index >= 15 is 0 Å². The molecule has 19 heavy (non-hydrogen) atoms. The van der Waals surface area contributed by atoms with E-state index in [9.17, 15) is 9.59 Å². The van der Waals surface area contributed by atoms with Crippen molar-refractivity contribution in [1.29, 1.82) is 0 Å². The first-order valence-corrected chi connectivity index (χ1v) is 6.42. The Morgan fingerprint density at radius 2 is 2.05 bits per heavy atom. The van der Waals surface area contributed by atoms with Crippen molar-refractivity contribution < 1.29 is 19.4 Å². The first-order valence-electron chi connectivity index (χ1n) is 5.63. The maximum absolute atomic E-state index is 11.8.